The summed E-state index contributed by atoms with van der Waals surface area (Å²) in [5.41, 5.74) is 1.25. The van der Waals surface area contributed by atoms with E-state index in [9.17, 15) is 9.59 Å². The fourth-order valence-electron chi connectivity index (χ4n) is 5.27. The van der Waals surface area contributed by atoms with Gasteiger partial charge in [-0.25, -0.2) is 9.69 Å². The maximum Gasteiger partial charge on any atom is 0.326 e. The number of piperazine rings is 1. The fourth-order valence-corrected chi connectivity index (χ4v) is 5.27. The van der Waals surface area contributed by atoms with E-state index in [1.165, 1.54) is 10.5 Å². The number of carbonyl (C=O) groups excluding carboxylic acids is 2. The quantitative estimate of drug-likeness (QED) is 0.689. The molecule has 33 heavy (non-hydrogen) atoms. The zero-order valence-electron chi connectivity index (χ0n) is 19.0. The van der Waals surface area contributed by atoms with Gasteiger partial charge in [-0.05, 0) is 48.9 Å². The molecule has 1 spiro atoms. The van der Waals surface area contributed by atoms with Crippen molar-refractivity contribution in [2.24, 2.45) is 0 Å². The van der Waals surface area contributed by atoms with Crippen LogP contribution in [0.2, 0.25) is 0 Å². The highest BCUT2D eigenvalue weighted by Crippen LogP contribution is 2.39. The summed E-state index contributed by atoms with van der Waals surface area (Å²) in [6.07, 6.45) is 3.59. The Morgan fingerprint density at radius 2 is 1.61 bits per heavy atom. The standard InChI is InChI=1S/C26H32N4O3/c31-24-26(13-7-6-9-21-8-4-5-12-23(21)26)27-25(32)30(24)20-29-16-14-28(15-17-29)18-19-33-22-10-2-1-3-11-22/h1-5,8,10-12H,6-7,9,13-20H2,(H,27,32). The van der Waals surface area contributed by atoms with E-state index in [4.69, 9.17) is 4.74 Å². The summed E-state index contributed by atoms with van der Waals surface area (Å²) in [7, 11) is 0. The number of para-hydroxylation sites is 1. The molecule has 3 aliphatic rings. The second-order valence-corrected chi connectivity index (χ2v) is 9.20. The van der Waals surface area contributed by atoms with Crippen molar-refractivity contribution in [3.63, 3.8) is 0 Å². The Balaban J connectivity index is 1.17. The largest absolute Gasteiger partial charge is 0.492 e. The molecule has 1 unspecified atom stereocenters. The summed E-state index contributed by atoms with van der Waals surface area (Å²) in [5.74, 6) is 0.796. The molecule has 1 atom stereocenters. The minimum atomic E-state index is -0.902. The minimum Gasteiger partial charge on any atom is -0.492 e. The normalized spacial score (nSPS) is 23.9. The average molecular weight is 449 g/mol. The molecular weight excluding hydrogens is 416 g/mol. The molecule has 0 saturated carbocycles. The first-order chi connectivity index (χ1) is 16.2. The molecule has 2 saturated heterocycles. The van der Waals surface area contributed by atoms with Crippen LogP contribution in [0.25, 0.3) is 0 Å². The molecule has 174 valence electrons. The molecule has 5 rings (SSSR count). The minimum absolute atomic E-state index is 0.0967. The molecule has 2 aromatic rings. The highest BCUT2D eigenvalue weighted by atomic mass is 16.5. The molecule has 3 amide bonds. The summed E-state index contributed by atoms with van der Waals surface area (Å²) >= 11 is 0. The number of nitrogens with one attached hydrogen (secondary N) is 1. The molecule has 2 aliphatic heterocycles. The Hall–Kier alpha value is -2.90. The van der Waals surface area contributed by atoms with Gasteiger partial charge in [0.1, 0.15) is 17.9 Å². The molecule has 2 aromatic carbocycles. The topological polar surface area (TPSA) is 65.1 Å². The highest BCUT2D eigenvalue weighted by molar-refractivity contribution is 6.07. The lowest BCUT2D eigenvalue weighted by molar-refractivity contribution is -0.133. The van der Waals surface area contributed by atoms with Crippen molar-refractivity contribution in [1.82, 2.24) is 20.0 Å². The molecular formula is C26H32N4O3. The van der Waals surface area contributed by atoms with Crippen molar-refractivity contribution in [2.45, 2.75) is 31.2 Å². The predicted octanol–water partition coefficient (Wildman–Crippen LogP) is 2.81. The smallest absolute Gasteiger partial charge is 0.326 e. The number of nitrogens with zero attached hydrogens (tertiary/aromatic N) is 3. The predicted molar refractivity (Wildman–Crippen MR) is 126 cm³/mol. The first-order valence-electron chi connectivity index (χ1n) is 12.0. The van der Waals surface area contributed by atoms with Gasteiger partial charge in [0, 0.05) is 32.7 Å². The lowest BCUT2D eigenvalue weighted by atomic mass is 9.84. The van der Waals surface area contributed by atoms with Crippen molar-refractivity contribution < 1.29 is 14.3 Å². The lowest BCUT2D eigenvalue weighted by Gasteiger charge is -2.36. The van der Waals surface area contributed by atoms with E-state index in [-0.39, 0.29) is 11.9 Å². The zero-order chi connectivity index (χ0) is 22.7. The van der Waals surface area contributed by atoms with Crippen LogP contribution in [0.1, 0.15) is 30.4 Å². The number of aryl methyl sites for hydroxylation is 1. The summed E-state index contributed by atoms with van der Waals surface area (Å²) < 4.78 is 5.81. The van der Waals surface area contributed by atoms with Gasteiger partial charge in [0.05, 0.1) is 6.67 Å². The molecule has 0 aromatic heterocycles. The SMILES string of the molecule is O=C1NC2(CCCCc3ccccc32)C(=O)N1CN1CCN(CCOc2ccccc2)CC1. The number of fused-ring (bicyclic) bond motifs is 2. The Morgan fingerprint density at radius 3 is 2.42 bits per heavy atom. The number of rotatable bonds is 6. The highest BCUT2D eigenvalue weighted by Gasteiger charge is 2.53. The number of hydrogen-bond acceptors (Lipinski definition) is 5. The molecule has 7 heteroatoms. The van der Waals surface area contributed by atoms with Crippen LogP contribution in [0.4, 0.5) is 4.79 Å². The van der Waals surface area contributed by atoms with Crippen molar-refractivity contribution in [1.29, 1.82) is 0 Å². The van der Waals surface area contributed by atoms with Gasteiger partial charge in [0.25, 0.3) is 5.91 Å². The Kier molecular flexibility index (Phi) is 6.33. The fraction of sp³-hybridized carbons (Fsp3) is 0.462. The van der Waals surface area contributed by atoms with Crippen LogP contribution in [-0.4, -0.2) is 72.6 Å². The third-order valence-electron chi connectivity index (χ3n) is 7.13. The van der Waals surface area contributed by atoms with Crippen molar-refractivity contribution in [3.8, 4) is 5.75 Å². The summed E-state index contributed by atoms with van der Waals surface area (Å²) in [5, 5.41) is 3.09. The van der Waals surface area contributed by atoms with Crippen LogP contribution in [0.5, 0.6) is 5.75 Å². The van der Waals surface area contributed by atoms with Gasteiger partial charge < -0.3 is 10.1 Å². The maximum absolute atomic E-state index is 13.6. The van der Waals surface area contributed by atoms with E-state index < -0.39 is 5.54 Å². The van der Waals surface area contributed by atoms with E-state index >= 15 is 0 Å². The van der Waals surface area contributed by atoms with E-state index in [1.54, 1.807) is 0 Å². The van der Waals surface area contributed by atoms with Crippen LogP contribution < -0.4 is 10.1 Å². The Bertz CT molecular complexity index is 990. The lowest BCUT2D eigenvalue weighted by Crippen LogP contribution is -2.52. The first kappa shape index (κ1) is 21.9. The Morgan fingerprint density at radius 1 is 0.879 bits per heavy atom. The van der Waals surface area contributed by atoms with E-state index in [1.807, 2.05) is 48.5 Å². The number of ether oxygens (including phenoxy) is 1. The second-order valence-electron chi connectivity index (χ2n) is 9.20. The molecule has 7 nitrogen and oxygen atoms in total. The first-order valence-corrected chi connectivity index (χ1v) is 12.0. The molecule has 1 N–H and O–H groups in total. The van der Waals surface area contributed by atoms with Gasteiger partial charge in [-0.1, -0.05) is 42.5 Å². The number of carbonyl (C=O) groups is 2. The average Bonchev–Trinajstić information content (AvgIpc) is 2.98. The third-order valence-corrected chi connectivity index (χ3v) is 7.13. The monoisotopic (exact) mass is 448 g/mol. The van der Waals surface area contributed by atoms with Crippen LogP contribution in [0.3, 0.4) is 0 Å². The van der Waals surface area contributed by atoms with E-state index in [0.717, 1.165) is 63.3 Å². The summed E-state index contributed by atoms with van der Waals surface area (Å²) in [6, 6.07) is 17.7. The number of amides is 3. The van der Waals surface area contributed by atoms with Crippen molar-refractivity contribution in [2.75, 3.05) is 46.0 Å². The summed E-state index contributed by atoms with van der Waals surface area (Å²) in [4.78, 5) is 32.5. The van der Waals surface area contributed by atoms with Gasteiger partial charge >= 0.3 is 6.03 Å². The number of imide groups is 1. The maximum atomic E-state index is 13.6. The van der Waals surface area contributed by atoms with Gasteiger partial charge in [-0.2, -0.15) is 0 Å². The van der Waals surface area contributed by atoms with Gasteiger partial charge in [0.2, 0.25) is 0 Å². The molecule has 0 bridgehead atoms. The van der Waals surface area contributed by atoms with Crippen LogP contribution >= 0.6 is 0 Å². The Labute approximate surface area is 195 Å². The van der Waals surface area contributed by atoms with Crippen LogP contribution in [-0.2, 0) is 16.8 Å². The molecule has 1 aliphatic carbocycles. The number of benzene rings is 2. The molecule has 0 radical (unpaired) electrons. The van der Waals surface area contributed by atoms with Crippen molar-refractivity contribution >= 4 is 11.9 Å². The van der Waals surface area contributed by atoms with Crippen LogP contribution in [0, 0.1) is 0 Å². The van der Waals surface area contributed by atoms with E-state index in [2.05, 4.69) is 21.2 Å². The van der Waals surface area contributed by atoms with Gasteiger partial charge in [-0.3, -0.25) is 14.6 Å². The van der Waals surface area contributed by atoms with E-state index in [0.29, 0.717) is 19.7 Å². The zero-order valence-corrected chi connectivity index (χ0v) is 19.0. The number of hydrogen-bond donors (Lipinski definition) is 1. The summed E-state index contributed by atoms with van der Waals surface area (Å²) in [6.45, 7) is 5.32. The van der Waals surface area contributed by atoms with Gasteiger partial charge in [0.15, 0.2) is 0 Å². The van der Waals surface area contributed by atoms with Gasteiger partial charge in [-0.15, -0.1) is 0 Å². The third kappa shape index (κ3) is 4.48. The number of urea groups is 1. The second kappa shape index (κ2) is 9.53. The van der Waals surface area contributed by atoms with Crippen molar-refractivity contribution in [3.05, 3.63) is 65.7 Å². The molecule has 2 heterocycles. The van der Waals surface area contributed by atoms with Crippen LogP contribution in [0.15, 0.2) is 54.6 Å². The molecule has 2 fully saturated rings.